The number of benzene rings is 1. The second kappa shape index (κ2) is 6.35. The maximum Gasteiger partial charge on any atom is 0.319 e. The molecule has 3 N–H and O–H groups in total. The van der Waals surface area contributed by atoms with Crippen molar-refractivity contribution in [2.24, 2.45) is 0 Å². The second-order valence-corrected chi connectivity index (χ2v) is 3.83. The van der Waals surface area contributed by atoms with E-state index in [0.717, 1.165) is 0 Å². The molecular weight excluding hydrogens is 228 g/mol. The molecule has 0 radical (unpaired) electrons. The van der Waals surface area contributed by atoms with Gasteiger partial charge in [0.05, 0.1) is 12.6 Å². The zero-order valence-electron chi connectivity index (χ0n) is 9.03. The fraction of sp³-hybridized carbons (Fsp3) is 0.364. The van der Waals surface area contributed by atoms with Gasteiger partial charge < -0.3 is 15.7 Å². The minimum absolute atomic E-state index is 0.0649. The van der Waals surface area contributed by atoms with E-state index in [2.05, 4.69) is 10.6 Å². The lowest BCUT2D eigenvalue weighted by molar-refractivity contribution is 0.222. The van der Waals surface area contributed by atoms with Crippen LogP contribution in [0.2, 0.25) is 5.02 Å². The van der Waals surface area contributed by atoms with E-state index in [9.17, 15) is 4.79 Å². The molecule has 0 saturated heterocycles. The number of urea groups is 1. The fourth-order valence-electron chi connectivity index (χ4n) is 1.16. The molecule has 0 aliphatic heterocycles. The molecular formula is C11H15ClN2O2. The summed E-state index contributed by atoms with van der Waals surface area (Å²) < 4.78 is 0. The Bertz CT molecular complexity index is 336. The van der Waals surface area contributed by atoms with E-state index in [1.165, 1.54) is 0 Å². The van der Waals surface area contributed by atoms with Crippen LogP contribution in [-0.4, -0.2) is 23.8 Å². The highest BCUT2D eigenvalue weighted by molar-refractivity contribution is 6.30. The quantitative estimate of drug-likeness (QED) is 0.758. The molecule has 1 atom stereocenters. The van der Waals surface area contributed by atoms with Crippen LogP contribution in [0.5, 0.6) is 0 Å². The number of amides is 2. The van der Waals surface area contributed by atoms with Gasteiger partial charge in [0.25, 0.3) is 0 Å². The van der Waals surface area contributed by atoms with Crippen molar-refractivity contribution >= 4 is 23.3 Å². The van der Waals surface area contributed by atoms with Gasteiger partial charge in [-0.1, -0.05) is 18.5 Å². The predicted molar refractivity (Wildman–Crippen MR) is 64.8 cm³/mol. The Morgan fingerprint density at radius 3 is 2.56 bits per heavy atom. The predicted octanol–water partition coefficient (Wildman–Crippen LogP) is 2.23. The molecule has 88 valence electrons. The normalized spacial score (nSPS) is 11.9. The minimum atomic E-state index is -0.330. The number of aliphatic hydroxyl groups excluding tert-OH is 1. The maximum atomic E-state index is 11.5. The van der Waals surface area contributed by atoms with Gasteiger partial charge in [0.2, 0.25) is 0 Å². The van der Waals surface area contributed by atoms with Gasteiger partial charge in [-0.25, -0.2) is 4.79 Å². The summed E-state index contributed by atoms with van der Waals surface area (Å²) in [6.45, 7) is 1.83. The van der Waals surface area contributed by atoms with E-state index in [1.54, 1.807) is 24.3 Å². The lowest BCUT2D eigenvalue weighted by atomic mass is 10.2. The average Bonchev–Trinajstić information content (AvgIpc) is 2.29. The van der Waals surface area contributed by atoms with Gasteiger partial charge in [0.1, 0.15) is 0 Å². The molecule has 0 heterocycles. The Balaban J connectivity index is 2.48. The van der Waals surface area contributed by atoms with Gasteiger partial charge in [-0.15, -0.1) is 0 Å². The Labute approximate surface area is 99.6 Å². The number of nitrogens with one attached hydrogen (secondary N) is 2. The molecule has 16 heavy (non-hydrogen) atoms. The van der Waals surface area contributed by atoms with E-state index in [4.69, 9.17) is 16.7 Å². The summed E-state index contributed by atoms with van der Waals surface area (Å²) in [6.07, 6.45) is 0.685. The van der Waals surface area contributed by atoms with E-state index in [0.29, 0.717) is 17.1 Å². The zero-order chi connectivity index (χ0) is 12.0. The summed E-state index contributed by atoms with van der Waals surface area (Å²) in [4.78, 5) is 11.5. The number of carbonyl (C=O) groups excluding carboxylic acids is 1. The first-order chi connectivity index (χ1) is 7.65. The molecule has 0 aliphatic carbocycles. The van der Waals surface area contributed by atoms with Crippen molar-refractivity contribution in [1.29, 1.82) is 0 Å². The third-order valence-electron chi connectivity index (χ3n) is 2.15. The van der Waals surface area contributed by atoms with Gasteiger partial charge in [-0.3, -0.25) is 0 Å². The highest BCUT2D eigenvalue weighted by Crippen LogP contribution is 2.13. The third-order valence-corrected chi connectivity index (χ3v) is 2.40. The Morgan fingerprint density at radius 2 is 2.06 bits per heavy atom. The molecule has 1 aromatic rings. The summed E-state index contributed by atoms with van der Waals surface area (Å²) in [5.41, 5.74) is 0.662. The van der Waals surface area contributed by atoms with Crippen LogP contribution in [0.15, 0.2) is 24.3 Å². The molecule has 0 spiro atoms. The van der Waals surface area contributed by atoms with Crippen LogP contribution in [0, 0.1) is 0 Å². The zero-order valence-corrected chi connectivity index (χ0v) is 9.79. The van der Waals surface area contributed by atoms with Crippen molar-refractivity contribution in [3.05, 3.63) is 29.3 Å². The van der Waals surface area contributed by atoms with Crippen LogP contribution in [0.3, 0.4) is 0 Å². The van der Waals surface area contributed by atoms with Crippen molar-refractivity contribution < 1.29 is 9.90 Å². The number of halogens is 1. The summed E-state index contributed by atoms with van der Waals surface area (Å²) in [5, 5.41) is 14.8. The van der Waals surface area contributed by atoms with Crippen LogP contribution in [0.4, 0.5) is 10.5 Å². The molecule has 0 bridgehead atoms. The van der Waals surface area contributed by atoms with E-state index < -0.39 is 0 Å². The van der Waals surface area contributed by atoms with E-state index >= 15 is 0 Å². The first-order valence-corrected chi connectivity index (χ1v) is 5.47. The van der Waals surface area contributed by atoms with Crippen LogP contribution in [-0.2, 0) is 0 Å². The number of carbonyl (C=O) groups is 1. The van der Waals surface area contributed by atoms with Crippen LogP contribution < -0.4 is 10.6 Å². The highest BCUT2D eigenvalue weighted by Gasteiger charge is 2.08. The molecule has 4 nitrogen and oxygen atoms in total. The summed E-state index contributed by atoms with van der Waals surface area (Å²) >= 11 is 5.72. The minimum Gasteiger partial charge on any atom is -0.394 e. The Morgan fingerprint density at radius 1 is 1.44 bits per heavy atom. The second-order valence-electron chi connectivity index (χ2n) is 3.39. The first kappa shape index (κ1) is 12.8. The molecule has 0 aromatic heterocycles. The van der Waals surface area contributed by atoms with Crippen LogP contribution >= 0.6 is 11.6 Å². The van der Waals surface area contributed by atoms with Crippen molar-refractivity contribution in [3.8, 4) is 0 Å². The van der Waals surface area contributed by atoms with Crippen molar-refractivity contribution in [1.82, 2.24) is 5.32 Å². The SMILES string of the molecule is CC[C@@H](CO)NC(=O)Nc1ccc(Cl)cc1. The standard InChI is InChI=1S/C11H15ClN2O2/c1-2-9(7-15)13-11(16)14-10-5-3-8(12)4-6-10/h3-6,9,15H,2,7H2,1H3,(H2,13,14,16)/t9-/m0/s1. The topological polar surface area (TPSA) is 61.4 Å². The lowest BCUT2D eigenvalue weighted by Crippen LogP contribution is -2.39. The maximum absolute atomic E-state index is 11.5. The monoisotopic (exact) mass is 242 g/mol. The van der Waals surface area contributed by atoms with Gasteiger partial charge >= 0.3 is 6.03 Å². The highest BCUT2D eigenvalue weighted by atomic mass is 35.5. The Hall–Kier alpha value is -1.26. The molecule has 0 saturated carbocycles. The number of aliphatic hydroxyl groups is 1. The summed E-state index contributed by atoms with van der Waals surface area (Å²) in [6, 6.07) is 6.26. The molecule has 0 unspecified atom stereocenters. The summed E-state index contributed by atoms with van der Waals surface area (Å²) in [7, 11) is 0. The largest absolute Gasteiger partial charge is 0.394 e. The number of rotatable bonds is 4. The van der Waals surface area contributed by atoms with E-state index in [1.807, 2.05) is 6.92 Å². The summed E-state index contributed by atoms with van der Waals surface area (Å²) in [5.74, 6) is 0. The smallest absolute Gasteiger partial charge is 0.319 e. The van der Waals surface area contributed by atoms with Crippen molar-refractivity contribution in [3.63, 3.8) is 0 Å². The van der Waals surface area contributed by atoms with E-state index in [-0.39, 0.29) is 18.7 Å². The lowest BCUT2D eigenvalue weighted by Gasteiger charge is -2.14. The number of hydrogen-bond donors (Lipinski definition) is 3. The molecule has 0 fully saturated rings. The van der Waals surface area contributed by atoms with Crippen LogP contribution in [0.25, 0.3) is 0 Å². The van der Waals surface area contributed by atoms with Crippen LogP contribution in [0.1, 0.15) is 13.3 Å². The number of anilines is 1. The molecule has 1 aromatic carbocycles. The average molecular weight is 243 g/mol. The number of hydrogen-bond acceptors (Lipinski definition) is 2. The Kier molecular flexibility index (Phi) is 5.08. The molecule has 1 rings (SSSR count). The van der Waals surface area contributed by atoms with Crippen molar-refractivity contribution in [2.45, 2.75) is 19.4 Å². The van der Waals surface area contributed by atoms with Gasteiger partial charge in [0, 0.05) is 10.7 Å². The molecule has 0 aliphatic rings. The molecule has 2 amide bonds. The molecule has 5 heteroatoms. The van der Waals surface area contributed by atoms with Gasteiger partial charge in [0.15, 0.2) is 0 Å². The van der Waals surface area contributed by atoms with Crippen molar-refractivity contribution in [2.75, 3.05) is 11.9 Å². The third kappa shape index (κ3) is 4.08. The fourth-order valence-corrected chi connectivity index (χ4v) is 1.29. The first-order valence-electron chi connectivity index (χ1n) is 5.09. The van der Waals surface area contributed by atoms with Gasteiger partial charge in [-0.05, 0) is 30.7 Å². The van der Waals surface area contributed by atoms with Gasteiger partial charge in [-0.2, -0.15) is 0 Å².